The highest BCUT2D eigenvalue weighted by Crippen LogP contribution is 2.27. The van der Waals surface area contributed by atoms with E-state index in [-0.39, 0.29) is 6.04 Å². The molecule has 0 saturated carbocycles. The average molecular weight is 369 g/mol. The Morgan fingerprint density at radius 1 is 1.00 bits per heavy atom. The van der Waals surface area contributed by atoms with Gasteiger partial charge in [-0.2, -0.15) is 0 Å². The van der Waals surface area contributed by atoms with Crippen molar-refractivity contribution in [3.05, 3.63) is 68.1 Å². The summed E-state index contributed by atoms with van der Waals surface area (Å²) in [5.74, 6) is 0. The number of hydrogen-bond acceptors (Lipinski definition) is 1. The molecule has 94 valence electrons. The van der Waals surface area contributed by atoms with Gasteiger partial charge in [0.2, 0.25) is 0 Å². The summed E-state index contributed by atoms with van der Waals surface area (Å²) in [6.07, 6.45) is 0.832. The van der Waals surface area contributed by atoms with Crippen molar-refractivity contribution in [3.8, 4) is 0 Å². The van der Waals surface area contributed by atoms with E-state index in [1.54, 1.807) is 0 Å². The number of rotatable bonds is 3. The summed E-state index contributed by atoms with van der Waals surface area (Å²) in [4.78, 5) is 0. The van der Waals surface area contributed by atoms with Crippen LogP contribution in [0.3, 0.4) is 0 Å². The molecule has 0 aliphatic rings. The molecule has 1 nitrogen and oxygen atoms in total. The number of nitrogens with two attached hydrogens (primary N) is 1. The van der Waals surface area contributed by atoms with Crippen LogP contribution in [0.2, 0.25) is 0 Å². The second-order valence-corrected chi connectivity index (χ2v) is 6.06. The van der Waals surface area contributed by atoms with Crippen LogP contribution in [0.4, 0.5) is 0 Å². The van der Waals surface area contributed by atoms with E-state index < -0.39 is 0 Å². The number of hydrogen-bond donors (Lipinski definition) is 1. The zero-order chi connectivity index (χ0) is 13.1. The molecule has 0 bridgehead atoms. The van der Waals surface area contributed by atoms with Crippen molar-refractivity contribution < 1.29 is 0 Å². The second-order valence-electron chi connectivity index (χ2n) is 4.36. The lowest BCUT2D eigenvalue weighted by Gasteiger charge is -2.16. The molecule has 1 atom stereocenters. The smallest absolute Gasteiger partial charge is 0.0339 e. The van der Waals surface area contributed by atoms with Gasteiger partial charge < -0.3 is 5.73 Å². The highest BCUT2D eigenvalue weighted by molar-refractivity contribution is 9.10. The first-order valence-corrected chi connectivity index (χ1v) is 7.42. The molecule has 0 spiro atoms. The normalized spacial score (nSPS) is 12.4. The standard InChI is InChI=1S/C15H15Br2N/c1-10-12(6-4-8-13(10)16)15(18)9-11-5-2-3-7-14(11)17/h2-8,15H,9,18H2,1H3. The number of benzene rings is 2. The van der Waals surface area contributed by atoms with Crippen LogP contribution in [0, 0.1) is 6.92 Å². The van der Waals surface area contributed by atoms with Gasteiger partial charge >= 0.3 is 0 Å². The zero-order valence-corrected chi connectivity index (χ0v) is 13.3. The molecule has 0 aliphatic heterocycles. The lowest BCUT2D eigenvalue weighted by Crippen LogP contribution is -2.15. The average Bonchev–Trinajstić information content (AvgIpc) is 2.35. The molecule has 0 radical (unpaired) electrons. The van der Waals surface area contributed by atoms with Crippen molar-refractivity contribution in [1.29, 1.82) is 0 Å². The fraction of sp³-hybridized carbons (Fsp3) is 0.200. The van der Waals surface area contributed by atoms with E-state index in [2.05, 4.69) is 57.0 Å². The van der Waals surface area contributed by atoms with Crippen molar-refractivity contribution in [1.82, 2.24) is 0 Å². The summed E-state index contributed by atoms with van der Waals surface area (Å²) in [7, 11) is 0. The van der Waals surface area contributed by atoms with Gasteiger partial charge in [-0.05, 0) is 42.2 Å². The van der Waals surface area contributed by atoms with Gasteiger partial charge in [0, 0.05) is 15.0 Å². The summed E-state index contributed by atoms with van der Waals surface area (Å²) < 4.78 is 2.23. The van der Waals surface area contributed by atoms with Crippen LogP contribution in [-0.4, -0.2) is 0 Å². The van der Waals surface area contributed by atoms with E-state index in [0.29, 0.717) is 0 Å². The molecule has 0 heterocycles. The van der Waals surface area contributed by atoms with Crippen LogP contribution in [0.25, 0.3) is 0 Å². The van der Waals surface area contributed by atoms with Crippen molar-refractivity contribution in [2.75, 3.05) is 0 Å². The lowest BCUT2D eigenvalue weighted by molar-refractivity contribution is 0.714. The SMILES string of the molecule is Cc1c(Br)cccc1C(N)Cc1ccccc1Br. The third-order valence-electron chi connectivity index (χ3n) is 3.11. The van der Waals surface area contributed by atoms with Gasteiger partial charge in [0.15, 0.2) is 0 Å². The molecular formula is C15H15Br2N. The highest BCUT2D eigenvalue weighted by Gasteiger charge is 2.12. The molecule has 2 aromatic rings. The second kappa shape index (κ2) is 6.00. The Labute approximate surface area is 125 Å². The van der Waals surface area contributed by atoms with Crippen LogP contribution in [0.5, 0.6) is 0 Å². The van der Waals surface area contributed by atoms with Gasteiger partial charge in [-0.3, -0.25) is 0 Å². The first kappa shape index (κ1) is 13.8. The zero-order valence-electron chi connectivity index (χ0n) is 10.2. The van der Waals surface area contributed by atoms with Crippen LogP contribution < -0.4 is 5.73 Å². The Balaban J connectivity index is 2.25. The molecule has 2 aromatic carbocycles. The summed E-state index contributed by atoms with van der Waals surface area (Å²) in [5, 5.41) is 0. The first-order valence-electron chi connectivity index (χ1n) is 5.83. The summed E-state index contributed by atoms with van der Waals surface area (Å²) in [6.45, 7) is 2.10. The van der Waals surface area contributed by atoms with Crippen molar-refractivity contribution in [2.45, 2.75) is 19.4 Å². The molecule has 0 aliphatic carbocycles. The van der Waals surface area contributed by atoms with Gasteiger partial charge in [0.25, 0.3) is 0 Å². The highest BCUT2D eigenvalue weighted by atomic mass is 79.9. The Kier molecular flexibility index (Phi) is 4.60. The Hall–Kier alpha value is -0.640. The summed E-state index contributed by atoms with van der Waals surface area (Å²) >= 11 is 7.11. The maximum Gasteiger partial charge on any atom is 0.0339 e. The third kappa shape index (κ3) is 3.02. The Morgan fingerprint density at radius 3 is 2.39 bits per heavy atom. The van der Waals surface area contributed by atoms with E-state index in [4.69, 9.17) is 5.73 Å². The predicted molar refractivity (Wildman–Crippen MR) is 83.7 cm³/mol. The van der Waals surface area contributed by atoms with Gasteiger partial charge in [0.1, 0.15) is 0 Å². The van der Waals surface area contributed by atoms with E-state index >= 15 is 0 Å². The Morgan fingerprint density at radius 2 is 1.67 bits per heavy atom. The molecule has 2 rings (SSSR count). The molecular weight excluding hydrogens is 354 g/mol. The Bertz CT molecular complexity index is 552. The predicted octanol–water partition coefficient (Wildman–Crippen LogP) is 4.76. The van der Waals surface area contributed by atoms with E-state index in [0.717, 1.165) is 15.4 Å². The maximum atomic E-state index is 6.32. The van der Waals surface area contributed by atoms with E-state index in [1.807, 2.05) is 24.3 Å². The fourth-order valence-electron chi connectivity index (χ4n) is 2.04. The monoisotopic (exact) mass is 367 g/mol. The van der Waals surface area contributed by atoms with Gasteiger partial charge in [0.05, 0.1) is 0 Å². The molecule has 1 unspecified atom stereocenters. The lowest BCUT2D eigenvalue weighted by atomic mass is 9.96. The molecule has 3 heteroatoms. The van der Waals surface area contributed by atoms with E-state index in [1.165, 1.54) is 16.7 Å². The molecule has 18 heavy (non-hydrogen) atoms. The van der Waals surface area contributed by atoms with Gasteiger partial charge in [-0.15, -0.1) is 0 Å². The minimum atomic E-state index is 0.0150. The van der Waals surface area contributed by atoms with Crippen LogP contribution >= 0.6 is 31.9 Å². The largest absolute Gasteiger partial charge is 0.324 e. The first-order chi connectivity index (χ1) is 8.59. The fourth-order valence-corrected chi connectivity index (χ4v) is 2.86. The third-order valence-corrected chi connectivity index (χ3v) is 4.74. The maximum absolute atomic E-state index is 6.32. The molecule has 0 amide bonds. The topological polar surface area (TPSA) is 26.0 Å². The molecule has 0 fully saturated rings. The van der Waals surface area contributed by atoms with Crippen LogP contribution in [0.1, 0.15) is 22.7 Å². The molecule has 0 saturated heterocycles. The van der Waals surface area contributed by atoms with Crippen molar-refractivity contribution in [3.63, 3.8) is 0 Å². The van der Waals surface area contributed by atoms with Gasteiger partial charge in [-0.1, -0.05) is 62.2 Å². The van der Waals surface area contributed by atoms with Crippen molar-refractivity contribution in [2.24, 2.45) is 5.73 Å². The quantitative estimate of drug-likeness (QED) is 0.830. The number of halogens is 2. The summed E-state index contributed by atoms with van der Waals surface area (Å²) in [5.41, 5.74) is 9.98. The minimum Gasteiger partial charge on any atom is -0.324 e. The van der Waals surface area contributed by atoms with Crippen molar-refractivity contribution >= 4 is 31.9 Å². The molecule has 0 aromatic heterocycles. The van der Waals surface area contributed by atoms with Crippen LogP contribution in [0.15, 0.2) is 51.4 Å². The molecule has 2 N–H and O–H groups in total. The van der Waals surface area contributed by atoms with E-state index in [9.17, 15) is 0 Å². The summed E-state index contributed by atoms with van der Waals surface area (Å²) in [6, 6.07) is 14.4. The minimum absolute atomic E-state index is 0.0150. The van der Waals surface area contributed by atoms with Gasteiger partial charge in [-0.25, -0.2) is 0 Å². The van der Waals surface area contributed by atoms with Crippen LogP contribution in [-0.2, 0) is 6.42 Å².